The summed E-state index contributed by atoms with van der Waals surface area (Å²) in [7, 11) is 3.93. The van der Waals surface area contributed by atoms with Crippen LogP contribution in [-0.2, 0) is 22.5 Å². The minimum atomic E-state index is -0.645. The number of nitrogens with zero attached hydrogens (tertiary/aromatic N) is 3. The lowest BCUT2D eigenvalue weighted by Crippen LogP contribution is -2.46. The molecule has 1 aromatic heterocycles. The zero-order valence-corrected chi connectivity index (χ0v) is 20.1. The zero-order valence-electron chi connectivity index (χ0n) is 20.1. The number of likely N-dealkylation sites (N-methyl/N-ethyl adjacent to an activating group) is 1. The molecule has 3 aromatic rings. The van der Waals surface area contributed by atoms with Gasteiger partial charge in [0.2, 0.25) is 0 Å². The summed E-state index contributed by atoms with van der Waals surface area (Å²) in [5.41, 5.74) is 4.22. The average Bonchev–Trinajstić information content (AvgIpc) is 3.00. The number of amides is 1. The molecule has 1 aliphatic heterocycles. The Kier molecular flexibility index (Phi) is 7.98. The normalized spacial score (nSPS) is 17.1. The van der Waals surface area contributed by atoms with Gasteiger partial charge < -0.3 is 24.7 Å². The lowest BCUT2D eigenvalue weighted by atomic mass is 10.0. The number of carbonyl (C=O) groups is 1. The fourth-order valence-electron chi connectivity index (χ4n) is 4.10. The highest BCUT2D eigenvalue weighted by Crippen LogP contribution is 2.25. The van der Waals surface area contributed by atoms with Crippen LogP contribution < -0.4 is 16.4 Å². The summed E-state index contributed by atoms with van der Waals surface area (Å²) < 4.78 is 12.6. The van der Waals surface area contributed by atoms with E-state index in [1.807, 2.05) is 61.5 Å². The first kappa shape index (κ1) is 24.7. The van der Waals surface area contributed by atoms with Crippen LogP contribution in [-0.4, -0.2) is 67.9 Å². The van der Waals surface area contributed by atoms with E-state index in [0.29, 0.717) is 31.7 Å². The molecule has 9 nitrogen and oxygen atoms in total. The number of ether oxygens (including phenoxy) is 1. The molecule has 9 heteroatoms. The minimum absolute atomic E-state index is 0.267. The van der Waals surface area contributed by atoms with Crippen molar-refractivity contribution in [3.8, 4) is 17.2 Å². The van der Waals surface area contributed by atoms with Gasteiger partial charge >= 0.3 is 5.76 Å². The number of oxazole rings is 1. The molecule has 0 unspecified atom stereocenters. The van der Waals surface area contributed by atoms with Crippen LogP contribution in [0.4, 0.5) is 0 Å². The molecule has 1 amide bonds. The Bertz CT molecular complexity index is 1250. The molecular formula is C26H31N5O4. The summed E-state index contributed by atoms with van der Waals surface area (Å²) in [6.07, 6.45) is 0.677. The van der Waals surface area contributed by atoms with Crippen molar-refractivity contribution in [3.05, 3.63) is 58.6 Å². The SMILES string of the molecule is CN(C)CCn1c(=O)oc2ccc(-c3ccc(C[C@@H](C#N)NC(=O)[C@@H]4CNCCCO4)cc3)cc21. The molecule has 0 aliphatic carbocycles. The average molecular weight is 478 g/mol. The molecule has 0 bridgehead atoms. The number of carbonyl (C=O) groups excluding carboxylic acids is 1. The number of fused-ring (bicyclic) bond motifs is 1. The van der Waals surface area contributed by atoms with E-state index in [2.05, 4.69) is 16.7 Å². The van der Waals surface area contributed by atoms with E-state index < -0.39 is 12.1 Å². The highest BCUT2D eigenvalue weighted by molar-refractivity contribution is 5.82. The summed E-state index contributed by atoms with van der Waals surface area (Å²) >= 11 is 0. The topological polar surface area (TPSA) is 113 Å². The van der Waals surface area contributed by atoms with Gasteiger partial charge in [0.05, 0.1) is 11.6 Å². The van der Waals surface area contributed by atoms with Gasteiger partial charge in [-0.1, -0.05) is 30.3 Å². The van der Waals surface area contributed by atoms with Gasteiger partial charge in [0.1, 0.15) is 12.1 Å². The lowest BCUT2D eigenvalue weighted by Gasteiger charge is -2.18. The number of nitrogens with one attached hydrogen (secondary N) is 2. The second-order valence-electron chi connectivity index (χ2n) is 9.01. The minimum Gasteiger partial charge on any atom is -0.408 e. The van der Waals surface area contributed by atoms with E-state index in [-0.39, 0.29) is 11.7 Å². The van der Waals surface area contributed by atoms with Gasteiger partial charge in [-0.15, -0.1) is 0 Å². The monoisotopic (exact) mass is 477 g/mol. The molecule has 2 atom stereocenters. The molecule has 2 heterocycles. The summed E-state index contributed by atoms with van der Waals surface area (Å²) in [6.45, 7) is 3.07. The molecule has 2 N–H and O–H groups in total. The summed E-state index contributed by atoms with van der Waals surface area (Å²) in [5.74, 6) is -0.625. The Morgan fingerprint density at radius 1 is 1.26 bits per heavy atom. The van der Waals surface area contributed by atoms with Crippen molar-refractivity contribution in [3.63, 3.8) is 0 Å². The number of hydrogen-bond acceptors (Lipinski definition) is 7. The smallest absolute Gasteiger partial charge is 0.408 e. The molecule has 184 valence electrons. The Morgan fingerprint density at radius 3 is 2.77 bits per heavy atom. The number of rotatable bonds is 8. The fraction of sp³-hybridized carbons (Fsp3) is 0.423. The highest BCUT2D eigenvalue weighted by Gasteiger charge is 2.23. The van der Waals surface area contributed by atoms with Gasteiger partial charge in [-0.2, -0.15) is 5.26 Å². The third-order valence-electron chi connectivity index (χ3n) is 6.08. The Morgan fingerprint density at radius 2 is 2.03 bits per heavy atom. The van der Waals surface area contributed by atoms with Gasteiger partial charge in [0.15, 0.2) is 5.58 Å². The largest absolute Gasteiger partial charge is 0.419 e. The van der Waals surface area contributed by atoms with E-state index in [1.165, 1.54) is 0 Å². The lowest BCUT2D eigenvalue weighted by molar-refractivity contribution is -0.132. The number of benzene rings is 2. The third-order valence-corrected chi connectivity index (χ3v) is 6.08. The first-order valence-electron chi connectivity index (χ1n) is 11.8. The molecule has 1 saturated heterocycles. The molecule has 1 fully saturated rings. The van der Waals surface area contributed by atoms with Gasteiger partial charge in [0, 0.05) is 32.7 Å². The standard InChI is InChI=1S/C26H31N5O4/c1-30(2)11-12-31-22-15-20(8-9-23(22)35-26(31)33)19-6-4-18(5-7-19)14-21(16-27)29-25(32)24-17-28-10-3-13-34-24/h4-9,15,21,24,28H,3,10-14,17H2,1-2H3,(H,29,32)/t21-,24-/m0/s1. The van der Waals surface area contributed by atoms with Crippen LogP contribution in [0.3, 0.4) is 0 Å². The van der Waals surface area contributed by atoms with Crippen LogP contribution >= 0.6 is 0 Å². The van der Waals surface area contributed by atoms with E-state index in [9.17, 15) is 14.9 Å². The number of nitriles is 1. The van der Waals surface area contributed by atoms with Crippen LogP contribution in [0.1, 0.15) is 12.0 Å². The van der Waals surface area contributed by atoms with Crippen molar-refractivity contribution in [1.29, 1.82) is 5.26 Å². The quantitative estimate of drug-likeness (QED) is 0.508. The number of aromatic nitrogens is 1. The molecule has 0 saturated carbocycles. The van der Waals surface area contributed by atoms with Gasteiger partial charge in [0.25, 0.3) is 5.91 Å². The van der Waals surface area contributed by atoms with Crippen LogP contribution in [0, 0.1) is 11.3 Å². The molecule has 1 aliphatic rings. The first-order chi connectivity index (χ1) is 16.9. The van der Waals surface area contributed by atoms with Crippen molar-refractivity contribution >= 4 is 17.0 Å². The van der Waals surface area contributed by atoms with Crippen LogP contribution in [0.2, 0.25) is 0 Å². The molecule has 4 rings (SSSR count). The molecule has 2 aromatic carbocycles. The van der Waals surface area contributed by atoms with Crippen molar-refractivity contribution in [1.82, 2.24) is 20.1 Å². The van der Waals surface area contributed by atoms with E-state index in [4.69, 9.17) is 9.15 Å². The maximum atomic E-state index is 12.5. The van der Waals surface area contributed by atoms with Crippen molar-refractivity contribution in [2.75, 3.05) is 40.3 Å². The van der Waals surface area contributed by atoms with Gasteiger partial charge in [-0.25, -0.2) is 4.79 Å². The summed E-state index contributed by atoms with van der Waals surface area (Å²) in [5, 5.41) is 15.5. The highest BCUT2D eigenvalue weighted by atomic mass is 16.5. The Balaban J connectivity index is 1.45. The zero-order chi connectivity index (χ0) is 24.8. The Hall–Kier alpha value is -3.45. The van der Waals surface area contributed by atoms with Crippen molar-refractivity contribution in [2.45, 2.75) is 31.5 Å². The van der Waals surface area contributed by atoms with E-state index in [0.717, 1.165) is 41.7 Å². The molecular weight excluding hydrogens is 446 g/mol. The van der Waals surface area contributed by atoms with Gasteiger partial charge in [-0.3, -0.25) is 9.36 Å². The van der Waals surface area contributed by atoms with Crippen LogP contribution in [0.5, 0.6) is 0 Å². The maximum absolute atomic E-state index is 12.5. The third kappa shape index (κ3) is 6.17. The fourth-order valence-corrected chi connectivity index (χ4v) is 4.10. The first-order valence-corrected chi connectivity index (χ1v) is 11.8. The van der Waals surface area contributed by atoms with Crippen LogP contribution in [0.15, 0.2) is 51.7 Å². The Labute approximate surface area is 204 Å². The van der Waals surface area contributed by atoms with Crippen molar-refractivity contribution < 1.29 is 13.9 Å². The van der Waals surface area contributed by atoms with Gasteiger partial charge in [-0.05, 0) is 55.9 Å². The predicted octanol–water partition coefficient (Wildman–Crippen LogP) is 1.75. The number of hydrogen-bond donors (Lipinski definition) is 2. The maximum Gasteiger partial charge on any atom is 0.419 e. The van der Waals surface area contributed by atoms with Crippen LogP contribution in [0.25, 0.3) is 22.2 Å². The summed E-state index contributed by atoms with van der Waals surface area (Å²) in [4.78, 5) is 26.8. The van der Waals surface area contributed by atoms with E-state index in [1.54, 1.807) is 4.57 Å². The van der Waals surface area contributed by atoms with E-state index >= 15 is 0 Å². The summed E-state index contributed by atoms with van der Waals surface area (Å²) in [6, 6.07) is 15.1. The van der Waals surface area contributed by atoms with Crippen molar-refractivity contribution in [2.24, 2.45) is 0 Å². The second kappa shape index (κ2) is 11.3. The molecule has 35 heavy (non-hydrogen) atoms. The molecule has 0 radical (unpaired) electrons. The second-order valence-corrected chi connectivity index (χ2v) is 9.01. The predicted molar refractivity (Wildman–Crippen MR) is 133 cm³/mol. The molecule has 0 spiro atoms.